The Morgan fingerprint density at radius 2 is 1.38 bits per heavy atom. The van der Waals surface area contributed by atoms with Gasteiger partial charge in [-0.25, -0.2) is 0 Å². The van der Waals surface area contributed by atoms with Gasteiger partial charge in [0.2, 0.25) is 0 Å². The number of hydrogen-bond donors (Lipinski definition) is 0. The predicted molar refractivity (Wildman–Crippen MR) is 130 cm³/mol. The average molecular weight is 558 g/mol. The van der Waals surface area contributed by atoms with Gasteiger partial charge in [-0.1, -0.05) is 68.3 Å². The summed E-state index contributed by atoms with van der Waals surface area (Å²) in [4.78, 5) is 23.6. The summed E-state index contributed by atoms with van der Waals surface area (Å²) in [6, 6.07) is 16.2. The van der Waals surface area contributed by atoms with Crippen LogP contribution in [0, 0.1) is 17.8 Å². The molecule has 0 amide bonds. The Kier molecular flexibility index (Phi) is 6.82. The minimum absolute atomic E-state index is 0.0263. The van der Waals surface area contributed by atoms with Crippen molar-refractivity contribution in [1.82, 2.24) is 0 Å². The van der Waals surface area contributed by atoms with E-state index in [9.17, 15) is 9.59 Å². The van der Waals surface area contributed by atoms with Crippen LogP contribution < -0.4 is 0 Å². The number of halogens is 2. The zero-order valence-corrected chi connectivity index (χ0v) is 20.8. The van der Waals surface area contributed by atoms with E-state index >= 15 is 0 Å². The maximum Gasteiger partial charge on any atom is 0.307 e. The molecule has 0 aliphatic heterocycles. The van der Waals surface area contributed by atoms with Gasteiger partial charge in [0.15, 0.2) is 0 Å². The molecule has 4 atom stereocenters. The maximum atomic E-state index is 11.9. The lowest BCUT2D eigenvalue weighted by Gasteiger charge is -2.35. The summed E-state index contributed by atoms with van der Waals surface area (Å²) < 4.78 is 13.2. The Morgan fingerprint density at radius 3 is 1.97 bits per heavy atom. The van der Waals surface area contributed by atoms with Crippen molar-refractivity contribution in [2.45, 2.75) is 19.8 Å². The van der Waals surface area contributed by atoms with E-state index in [0.717, 1.165) is 20.1 Å². The molecule has 0 heterocycles. The highest BCUT2D eigenvalue weighted by molar-refractivity contribution is 9.10. The van der Waals surface area contributed by atoms with Crippen molar-refractivity contribution in [2.75, 3.05) is 0 Å². The second-order valence-electron chi connectivity index (χ2n) is 7.94. The Labute approximate surface area is 204 Å². The van der Waals surface area contributed by atoms with E-state index in [1.807, 2.05) is 54.6 Å². The largest absolute Gasteiger partial charge is 0.431 e. The normalized spacial score (nSPS) is 24.1. The molecule has 0 saturated carbocycles. The molecule has 0 radical (unpaired) electrons. The molecule has 0 unspecified atom stereocenters. The van der Waals surface area contributed by atoms with Crippen LogP contribution >= 0.6 is 31.9 Å². The summed E-state index contributed by atoms with van der Waals surface area (Å²) >= 11 is 6.96. The summed E-state index contributed by atoms with van der Waals surface area (Å²) in [6.07, 6.45) is 8.05. The van der Waals surface area contributed by atoms with Crippen LogP contribution in [-0.2, 0) is 19.1 Å². The smallest absolute Gasteiger partial charge is 0.307 e. The third-order valence-electron chi connectivity index (χ3n) is 5.72. The highest BCUT2D eigenvalue weighted by Crippen LogP contribution is 2.54. The lowest BCUT2D eigenvalue weighted by Crippen LogP contribution is -2.28. The molecular formula is C26H22Br2O4. The molecule has 0 fully saturated rings. The van der Waals surface area contributed by atoms with Gasteiger partial charge in [0.1, 0.15) is 11.5 Å². The van der Waals surface area contributed by atoms with Gasteiger partial charge in [0.25, 0.3) is 0 Å². The van der Waals surface area contributed by atoms with Gasteiger partial charge in [-0.2, -0.15) is 0 Å². The highest BCUT2D eigenvalue weighted by Gasteiger charge is 2.47. The molecule has 4 rings (SSSR count). The van der Waals surface area contributed by atoms with E-state index in [2.05, 4.69) is 50.1 Å². The molecule has 164 valence electrons. The molecule has 2 bridgehead atoms. The van der Waals surface area contributed by atoms with E-state index in [1.165, 1.54) is 13.8 Å². The second-order valence-corrected chi connectivity index (χ2v) is 9.77. The number of benzene rings is 2. The van der Waals surface area contributed by atoms with Gasteiger partial charge in [0, 0.05) is 46.5 Å². The Morgan fingerprint density at radius 1 is 0.812 bits per heavy atom. The number of hydrogen-bond acceptors (Lipinski definition) is 4. The lowest BCUT2D eigenvalue weighted by molar-refractivity contribution is -0.139. The van der Waals surface area contributed by atoms with Crippen molar-refractivity contribution in [2.24, 2.45) is 17.8 Å². The first-order valence-corrected chi connectivity index (χ1v) is 11.9. The monoisotopic (exact) mass is 556 g/mol. The van der Waals surface area contributed by atoms with Crippen LogP contribution in [0.2, 0.25) is 0 Å². The number of carbonyl (C=O) groups is 2. The van der Waals surface area contributed by atoms with Gasteiger partial charge >= 0.3 is 11.9 Å². The number of esters is 2. The fraction of sp³-hybridized carbons (Fsp3) is 0.231. The molecule has 0 saturated heterocycles. The van der Waals surface area contributed by atoms with Crippen LogP contribution in [0.4, 0.5) is 0 Å². The zero-order chi connectivity index (χ0) is 22.8. The molecule has 2 aliphatic rings. The predicted octanol–water partition coefficient (Wildman–Crippen LogP) is 6.78. The van der Waals surface area contributed by atoms with Crippen molar-refractivity contribution in [3.8, 4) is 0 Å². The quantitative estimate of drug-likeness (QED) is 0.380. The van der Waals surface area contributed by atoms with E-state index in [0.29, 0.717) is 11.5 Å². The molecule has 2 aromatic carbocycles. The van der Waals surface area contributed by atoms with E-state index in [1.54, 1.807) is 0 Å². The van der Waals surface area contributed by atoms with Gasteiger partial charge in [-0.15, -0.1) is 0 Å². The van der Waals surface area contributed by atoms with Crippen molar-refractivity contribution in [1.29, 1.82) is 0 Å². The third-order valence-corrected chi connectivity index (χ3v) is 6.78. The number of ether oxygens (including phenoxy) is 2. The molecule has 2 aliphatic carbocycles. The highest BCUT2D eigenvalue weighted by atomic mass is 79.9. The molecule has 32 heavy (non-hydrogen) atoms. The molecule has 6 heteroatoms. The molecule has 4 nitrogen and oxygen atoms in total. The van der Waals surface area contributed by atoms with Crippen LogP contribution in [0.15, 0.2) is 87.2 Å². The van der Waals surface area contributed by atoms with Crippen molar-refractivity contribution in [3.05, 3.63) is 98.3 Å². The van der Waals surface area contributed by atoms with Crippen molar-refractivity contribution >= 4 is 49.9 Å². The fourth-order valence-corrected chi connectivity index (χ4v) is 5.00. The van der Waals surface area contributed by atoms with Gasteiger partial charge in [-0.05, 0) is 47.5 Å². The standard InChI is InChI=1S/C26H22Br2O4/c1-15(29)31-24-14-23-25(32-16(2)30)13-22(26(23)18-6-10-20(28)11-7-18)21(24)12-5-17-3-8-19(27)9-4-17/h3-14,21-23,26H,1-2H3/b12-5+/t21-,22+,23+,26+/m0/s1. The molecule has 0 N–H and O–H groups in total. The number of fused-ring (bicyclic) bond motifs is 2. The first-order chi connectivity index (χ1) is 15.3. The van der Waals surface area contributed by atoms with Crippen LogP contribution in [0.25, 0.3) is 6.08 Å². The van der Waals surface area contributed by atoms with Gasteiger partial charge < -0.3 is 9.47 Å². The number of carbonyl (C=O) groups excluding carboxylic acids is 2. The van der Waals surface area contributed by atoms with Crippen molar-refractivity contribution < 1.29 is 19.1 Å². The summed E-state index contributed by atoms with van der Waals surface area (Å²) in [5.74, 6) is 0.152. The Bertz CT molecular complexity index is 1110. The summed E-state index contributed by atoms with van der Waals surface area (Å²) in [5, 5.41) is 0. The summed E-state index contributed by atoms with van der Waals surface area (Å²) in [6.45, 7) is 2.80. The number of rotatable bonds is 5. The van der Waals surface area contributed by atoms with Gasteiger partial charge in [-0.3, -0.25) is 9.59 Å². The second kappa shape index (κ2) is 9.59. The molecular weight excluding hydrogens is 536 g/mol. The Hall–Kier alpha value is -2.44. The minimum Gasteiger partial charge on any atom is -0.431 e. The van der Waals surface area contributed by atoms with Crippen LogP contribution in [0.1, 0.15) is 30.9 Å². The topological polar surface area (TPSA) is 52.6 Å². The van der Waals surface area contributed by atoms with Crippen molar-refractivity contribution in [3.63, 3.8) is 0 Å². The fourth-order valence-electron chi connectivity index (χ4n) is 4.47. The lowest BCUT2D eigenvalue weighted by atomic mass is 9.71. The first kappa shape index (κ1) is 22.7. The maximum absolute atomic E-state index is 11.9. The molecule has 2 aromatic rings. The van der Waals surface area contributed by atoms with Crippen LogP contribution in [-0.4, -0.2) is 11.9 Å². The summed E-state index contributed by atoms with van der Waals surface area (Å²) in [7, 11) is 0. The third kappa shape index (κ3) is 4.97. The SMILES string of the molecule is CC(=O)OC1=C[C@H]2[C@@H](c3ccc(Br)cc3)[C@@H]1C=C(OC(C)=O)[C@H]2/C=C/c1ccc(Br)cc1. The molecule has 0 aromatic heterocycles. The van der Waals surface area contributed by atoms with Gasteiger partial charge in [0.05, 0.1) is 0 Å². The van der Waals surface area contributed by atoms with E-state index in [-0.39, 0.29) is 35.6 Å². The number of allylic oxidation sites excluding steroid dienone is 3. The summed E-state index contributed by atoms with van der Waals surface area (Å²) in [5.41, 5.74) is 2.18. The average Bonchev–Trinajstić information content (AvgIpc) is 2.99. The van der Waals surface area contributed by atoms with E-state index < -0.39 is 0 Å². The minimum atomic E-state index is -0.367. The molecule has 0 spiro atoms. The van der Waals surface area contributed by atoms with Crippen LogP contribution in [0.3, 0.4) is 0 Å². The Balaban J connectivity index is 1.77. The van der Waals surface area contributed by atoms with Crippen LogP contribution in [0.5, 0.6) is 0 Å². The zero-order valence-electron chi connectivity index (χ0n) is 17.6. The first-order valence-electron chi connectivity index (χ1n) is 10.3. The van der Waals surface area contributed by atoms with E-state index in [4.69, 9.17) is 9.47 Å².